The van der Waals surface area contributed by atoms with Gasteiger partial charge >= 0.3 is 5.69 Å². The summed E-state index contributed by atoms with van der Waals surface area (Å²) >= 11 is 0. The highest BCUT2D eigenvalue weighted by Crippen LogP contribution is 2.35. The van der Waals surface area contributed by atoms with E-state index in [1.54, 1.807) is 0 Å². The summed E-state index contributed by atoms with van der Waals surface area (Å²) in [5.41, 5.74) is 5.08. The molecule has 29 heavy (non-hydrogen) atoms. The maximum Gasteiger partial charge on any atom is 0.330 e. The number of benzene rings is 2. The van der Waals surface area contributed by atoms with Crippen LogP contribution in [0.3, 0.4) is 0 Å². The van der Waals surface area contributed by atoms with Crippen LogP contribution in [0.1, 0.15) is 18.9 Å². The van der Waals surface area contributed by atoms with Gasteiger partial charge in [-0.2, -0.15) is 0 Å². The van der Waals surface area contributed by atoms with Gasteiger partial charge < -0.3 is 5.32 Å². The lowest BCUT2D eigenvalue weighted by atomic mass is 10.1. The van der Waals surface area contributed by atoms with Crippen LogP contribution in [0.15, 0.2) is 71.5 Å². The summed E-state index contributed by atoms with van der Waals surface area (Å²) in [6.07, 6.45) is 1.78. The summed E-state index contributed by atoms with van der Waals surface area (Å²) in [5.74, 6) is 0.848. The van der Waals surface area contributed by atoms with E-state index >= 15 is 0 Å². The van der Waals surface area contributed by atoms with E-state index in [4.69, 9.17) is 4.98 Å². The van der Waals surface area contributed by atoms with Crippen molar-refractivity contribution in [1.82, 2.24) is 14.1 Å². The van der Waals surface area contributed by atoms with Gasteiger partial charge in [-0.15, -0.1) is 0 Å². The van der Waals surface area contributed by atoms with Gasteiger partial charge in [-0.25, -0.2) is 9.78 Å². The molecule has 0 aromatic heterocycles. The number of aromatic nitrogens is 3. The van der Waals surface area contributed by atoms with Gasteiger partial charge in [0.1, 0.15) is 11.5 Å². The number of nitrogens with one attached hydrogen (secondary N) is 1. The number of anilines is 1. The van der Waals surface area contributed by atoms with Crippen LogP contribution in [0.2, 0.25) is 0 Å². The summed E-state index contributed by atoms with van der Waals surface area (Å²) in [4.78, 5) is 18.2. The molecule has 146 valence electrons. The summed E-state index contributed by atoms with van der Waals surface area (Å²) in [7, 11) is 0. The second-order valence-electron chi connectivity index (χ2n) is 7.67. The molecule has 0 radical (unpaired) electrons. The van der Waals surface area contributed by atoms with Gasteiger partial charge in [-0.3, -0.25) is 9.13 Å². The lowest BCUT2D eigenvalue weighted by Gasteiger charge is -2.14. The Labute approximate surface area is 170 Å². The molecule has 3 heterocycles. The van der Waals surface area contributed by atoms with E-state index in [-0.39, 0.29) is 11.7 Å². The molecule has 0 fully saturated rings. The van der Waals surface area contributed by atoms with E-state index in [0.29, 0.717) is 13.1 Å². The first-order chi connectivity index (χ1) is 14.2. The number of hydrogen-bond donors (Lipinski definition) is 1. The Morgan fingerprint density at radius 1 is 1.07 bits per heavy atom. The molecule has 3 aliphatic heterocycles. The van der Waals surface area contributed by atoms with Gasteiger partial charge in [0.05, 0.1) is 11.4 Å². The third-order valence-corrected chi connectivity index (χ3v) is 5.58. The normalized spacial score (nSPS) is 15.4. The molecule has 5 rings (SSSR count). The van der Waals surface area contributed by atoms with E-state index < -0.39 is 0 Å². The molecule has 3 aliphatic rings. The molecule has 0 saturated heterocycles. The van der Waals surface area contributed by atoms with Crippen molar-refractivity contribution >= 4 is 5.82 Å². The average Bonchev–Trinajstić information content (AvgIpc) is 3.37. The van der Waals surface area contributed by atoms with Crippen molar-refractivity contribution in [2.24, 2.45) is 0 Å². The number of rotatable bonds is 5. The van der Waals surface area contributed by atoms with Crippen molar-refractivity contribution < 1.29 is 0 Å². The van der Waals surface area contributed by atoms with Crippen LogP contribution in [0.4, 0.5) is 5.82 Å². The first kappa shape index (κ1) is 17.7. The fourth-order valence-corrected chi connectivity index (χ4v) is 4.25. The topological polar surface area (TPSA) is 51.9 Å². The van der Waals surface area contributed by atoms with Crippen LogP contribution in [-0.2, 0) is 19.5 Å². The van der Waals surface area contributed by atoms with Crippen LogP contribution in [0.5, 0.6) is 0 Å². The van der Waals surface area contributed by atoms with Gasteiger partial charge in [0.15, 0.2) is 0 Å². The van der Waals surface area contributed by atoms with Gasteiger partial charge in [0.2, 0.25) is 0 Å². The molecule has 0 aliphatic carbocycles. The van der Waals surface area contributed by atoms with E-state index in [1.165, 1.54) is 5.56 Å². The molecule has 0 saturated carbocycles. The predicted octanol–water partition coefficient (Wildman–Crippen LogP) is 4.26. The van der Waals surface area contributed by atoms with E-state index in [0.717, 1.165) is 41.3 Å². The molecular weight excluding hydrogens is 360 g/mol. The summed E-state index contributed by atoms with van der Waals surface area (Å²) in [6.45, 7) is 3.45. The fraction of sp³-hybridized carbons (Fsp3) is 0.250. The van der Waals surface area contributed by atoms with Crippen LogP contribution in [0, 0.1) is 0 Å². The minimum Gasteiger partial charge on any atom is -0.365 e. The highest BCUT2D eigenvalue weighted by molar-refractivity contribution is 5.79. The predicted molar refractivity (Wildman–Crippen MR) is 116 cm³/mol. The van der Waals surface area contributed by atoms with Crippen molar-refractivity contribution in [2.75, 3.05) is 5.32 Å². The fourth-order valence-electron chi connectivity index (χ4n) is 4.25. The molecule has 0 unspecified atom stereocenters. The van der Waals surface area contributed by atoms with Crippen molar-refractivity contribution in [2.45, 2.75) is 38.9 Å². The van der Waals surface area contributed by atoms with Crippen LogP contribution in [0.25, 0.3) is 22.6 Å². The smallest absolute Gasteiger partial charge is 0.330 e. The molecule has 0 bridgehead atoms. The zero-order valence-electron chi connectivity index (χ0n) is 16.5. The van der Waals surface area contributed by atoms with Crippen molar-refractivity contribution in [3.63, 3.8) is 0 Å². The number of fused-ring (bicyclic) bond motifs is 3. The molecule has 5 nitrogen and oxygen atoms in total. The van der Waals surface area contributed by atoms with Crippen molar-refractivity contribution in [3.8, 4) is 22.6 Å². The van der Waals surface area contributed by atoms with Gasteiger partial charge in [0, 0.05) is 24.7 Å². The average molecular weight is 384 g/mol. The molecule has 0 spiro atoms. The quantitative estimate of drug-likeness (QED) is 0.559. The second-order valence-corrected chi connectivity index (χ2v) is 7.67. The Bertz CT molecular complexity index is 1160. The monoisotopic (exact) mass is 384 g/mol. The van der Waals surface area contributed by atoms with Crippen LogP contribution >= 0.6 is 0 Å². The number of hydrogen-bond acceptors (Lipinski definition) is 3. The molecule has 1 atom stereocenters. The lowest BCUT2D eigenvalue weighted by Crippen LogP contribution is -2.32. The highest BCUT2D eigenvalue weighted by atomic mass is 16.1. The van der Waals surface area contributed by atoms with Crippen LogP contribution in [-0.4, -0.2) is 20.2 Å². The summed E-state index contributed by atoms with van der Waals surface area (Å²) in [6, 6.07) is 22.8. The Morgan fingerprint density at radius 3 is 2.52 bits per heavy atom. The van der Waals surface area contributed by atoms with Crippen molar-refractivity contribution in [3.05, 3.63) is 82.8 Å². The van der Waals surface area contributed by atoms with E-state index in [9.17, 15) is 4.79 Å². The third kappa shape index (κ3) is 3.12. The molecule has 2 aromatic rings. The Balaban J connectivity index is 1.59. The Hall–Kier alpha value is -3.34. The zero-order chi connectivity index (χ0) is 19.8. The minimum atomic E-state index is 0.0458. The molecule has 0 amide bonds. The lowest BCUT2D eigenvalue weighted by molar-refractivity contribution is 0.564. The largest absolute Gasteiger partial charge is 0.365 e. The van der Waals surface area contributed by atoms with Gasteiger partial charge in [0.25, 0.3) is 0 Å². The Morgan fingerprint density at radius 2 is 1.79 bits per heavy atom. The first-order valence-electron chi connectivity index (χ1n) is 10.2. The molecule has 2 aromatic carbocycles. The number of nitrogens with zero attached hydrogens (tertiary/aromatic N) is 3. The summed E-state index contributed by atoms with van der Waals surface area (Å²) in [5, 5.41) is 3.59. The van der Waals surface area contributed by atoms with Gasteiger partial charge in [-0.05, 0) is 24.5 Å². The Kier molecular flexibility index (Phi) is 4.43. The summed E-state index contributed by atoms with van der Waals surface area (Å²) < 4.78 is 3.75. The van der Waals surface area contributed by atoms with Crippen molar-refractivity contribution in [1.29, 1.82) is 0 Å². The van der Waals surface area contributed by atoms with Crippen LogP contribution < -0.4 is 11.0 Å². The molecule has 1 N–H and O–H groups in total. The van der Waals surface area contributed by atoms with Gasteiger partial charge in [-0.1, -0.05) is 67.6 Å². The second kappa shape index (κ2) is 7.24. The third-order valence-electron chi connectivity index (χ3n) is 5.58. The van der Waals surface area contributed by atoms with E-state index in [2.05, 4.69) is 54.7 Å². The van der Waals surface area contributed by atoms with E-state index in [1.807, 2.05) is 33.4 Å². The zero-order valence-corrected chi connectivity index (χ0v) is 16.5. The SMILES string of the molecule is CCCn1c2cc(-c3ccccc3)nc-2c2n(c1=O)C[C@@H](Cc1ccccc1)N2. The first-order valence-corrected chi connectivity index (χ1v) is 10.2. The highest BCUT2D eigenvalue weighted by Gasteiger charge is 2.30. The maximum atomic E-state index is 13.3. The molecule has 5 heteroatoms. The standard InChI is InChI=1S/C24H24N4O/c1-2-13-27-21-15-20(18-11-7-4-8-12-18)26-22(21)23-25-19(16-28(23)24(27)29)14-17-9-5-3-6-10-17/h3-12,15,19,25H,2,13-14,16H2,1H3/t19-/m1/s1. The maximum absolute atomic E-state index is 13.3. The molecular formula is C24H24N4O. The minimum absolute atomic E-state index is 0.0458.